The Kier molecular flexibility index (Phi) is 1.69. The lowest BCUT2D eigenvalue weighted by atomic mass is 10.4. The van der Waals surface area contributed by atoms with Gasteiger partial charge in [0.15, 0.2) is 6.61 Å². The number of ether oxygens (including phenoxy) is 1. The van der Waals surface area contributed by atoms with Crippen LogP contribution in [0.5, 0.6) is 0 Å². The van der Waals surface area contributed by atoms with E-state index >= 15 is 0 Å². The molecule has 1 saturated carbocycles. The van der Waals surface area contributed by atoms with Gasteiger partial charge >= 0.3 is 5.97 Å². The highest BCUT2D eigenvalue weighted by atomic mass is 16.5. The molecule has 1 aliphatic rings. The summed E-state index contributed by atoms with van der Waals surface area (Å²) in [5.74, 6) is -0.102. The molecule has 0 aromatic carbocycles. The van der Waals surface area contributed by atoms with E-state index in [0.29, 0.717) is 0 Å². The van der Waals surface area contributed by atoms with Gasteiger partial charge in [0, 0.05) is 0 Å². The first-order valence-corrected chi connectivity index (χ1v) is 2.88. The molecule has 3 nitrogen and oxygen atoms in total. The molecule has 0 amide bonds. The minimum atomic E-state index is -0.212. The Morgan fingerprint density at radius 1 is 1.78 bits per heavy atom. The Morgan fingerprint density at radius 3 is 2.89 bits per heavy atom. The fourth-order valence-electron chi connectivity index (χ4n) is 0.540. The number of nitrogens with zero attached hydrogens (tertiary/aromatic N) is 1. The summed E-state index contributed by atoms with van der Waals surface area (Å²) in [6, 6.07) is 1.74. The van der Waals surface area contributed by atoms with Crippen LogP contribution in [0.3, 0.4) is 0 Å². The summed E-state index contributed by atoms with van der Waals surface area (Å²) < 4.78 is 4.52. The van der Waals surface area contributed by atoms with E-state index in [2.05, 4.69) is 4.74 Å². The van der Waals surface area contributed by atoms with Crippen LogP contribution < -0.4 is 0 Å². The van der Waals surface area contributed by atoms with Gasteiger partial charge in [0.25, 0.3) is 0 Å². The van der Waals surface area contributed by atoms with Gasteiger partial charge < -0.3 is 4.74 Å². The summed E-state index contributed by atoms with van der Waals surface area (Å²) in [4.78, 5) is 10.6. The van der Waals surface area contributed by atoms with Crippen molar-refractivity contribution < 1.29 is 9.53 Å². The van der Waals surface area contributed by atoms with Gasteiger partial charge in [-0.25, -0.2) is 0 Å². The lowest BCUT2D eigenvalue weighted by molar-refractivity contribution is -0.143. The van der Waals surface area contributed by atoms with Crippen LogP contribution in [0, 0.1) is 17.2 Å². The first-order chi connectivity index (χ1) is 4.34. The van der Waals surface area contributed by atoms with E-state index in [1.807, 2.05) is 0 Å². The molecular weight excluding hydrogens is 118 g/mol. The van der Waals surface area contributed by atoms with Gasteiger partial charge in [-0.1, -0.05) is 0 Å². The van der Waals surface area contributed by atoms with E-state index < -0.39 is 0 Å². The molecule has 0 aromatic heterocycles. The molecule has 1 rings (SSSR count). The number of hydrogen-bond donors (Lipinski definition) is 0. The van der Waals surface area contributed by atoms with E-state index in [1.54, 1.807) is 6.07 Å². The highest BCUT2D eigenvalue weighted by Crippen LogP contribution is 2.29. The predicted octanol–water partition coefficient (Wildman–Crippen LogP) is 0.463. The topological polar surface area (TPSA) is 50.1 Å². The molecule has 0 spiro atoms. The number of nitriles is 1. The lowest BCUT2D eigenvalue weighted by Crippen LogP contribution is -2.05. The first kappa shape index (κ1) is 6.09. The Bertz CT molecular complexity index is 155. The van der Waals surface area contributed by atoms with E-state index in [-0.39, 0.29) is 18.5 Å². The van der Waals surface area contributed by atoms with Crippen molar-refractivity contribution in [3.63, 3.8) is 0 Å². The molecule has 9 heavy (non-hydrogen) atoms. The lowest BCUT2D eigenvalue weighted by Gasteiger charge is -1.93. The molecule has 0 aliphatic heterocycles. The van der Waals surface area contributed by atoms with Crippen molar-refractivity contribution in [2.24, 2.45) is 5.92 Å². The molecule has 0 radical (unpaired) electrons. The van der Waals surface area contributed by atoms with Crippen molar-refractivity contribution in [3.8, 4) is 6.07 Å². The number of carbonyl (C=O) groups excluding carboxylic acids is 1. The molecule has 0 saturated heterocycles. The predicted molar refractivity (Wildman–Crippen MR) is 29.3 cm³/mol. The maximum Gasteiger partial charge on any atom is 0.309 e. The molecule has 3 heteroatoms. The number of hydrogen-bond acceptors (Lipinski definition) is 3. The van der Waals surface area contributed by atoms with Gasteiger partial charge in [0.2, 0.25) is 0 Å². The molecule has 0 aromatic rings. The van der Waals surface area contributed by atoms with E-state index in [0.717, 1.165) is 12.8 Å². The Balaban J connectivity index is 2.12. The third-order valence-corrected chi connectivity index (χ3v) is 1.19. The monoisotopic (exact) mass is 125 g/mol. The van der Waals surface area contributed by atoms with Crippen LogP contribution in [0.1, 0.15) is 12.8 Å². The van der Waals surface area contributed by atoms with Crippen molar-refractivity contribution >= 4 is 5.97 Å². The molecule has 0 atom stereocenters. The highest BCUT2D eigenvalue weighted by molar-refractivity contribution is 5.74. The van der Waals surface area contributed by atoms with Crippen molar-refractivity contribution in [1.29, 1.82) is 5.26 Å². The quantitative estimate of drug-likeness (QED) is 0.504. The molecule has 0 N–H and O–H groups in total. The highest BCUT2D eigenvalue weighted by Gasteiger charge is 2.30. The van der Waals surface area contributed by atoms with Crippen molar-refractivity contribution in [2.75, 3.05) is 6.61 Å². The van der Waals surface area contributed by atoms with Crippen molar-refractivity contribution in [3.05, 3.63) is 0 Å². The van der Waals surface area contributed by atoms with Gasteiger partial charge in [-0.15, -0.1) is 0 Å². The van der Waals surface area contributed by atoms with Crippen LogP contribution in [0.15, 0.2) is 0 Å². The second kappa shape index (κ2) is 2.49. The molecule has 1 aliphatic carbocycles. The second-order valence-corrected chi connectivity index (χ2v) is 2.04. The zero-order chi connectivity index (χ0) is 6.69. The van der Waals surface area contributed by atoms with Crippen LogP contribution in [0.4, 0.5) is 0 Å². The van der Waals surface area contributed by atoms with Gasteiger partial charge in [-0.2, -0.15) is 5.26 Å². The number of carbonyl (C=O) groups is 1. The largest absolute Gasteiger partial charge is 0.450 e. The molecule has 0 unspecified atom stereocenters. The molecule has 48 valence electrons. The molecule has 0 bridgehead atoms. The third-order valence-electron chi connectivity index (χ3n) is 1.19. The third kappa shape index (κ3) is 1.73. The average molecular weight is 125 g/mol. The van der Waals surface area contributed by atoms with Gasteiger partial charge in [0.1, 0.15) is 6.07 Å². The second-order valence-electron chi connectivity index (χ2n) is 2.04. The maximum absolute atomic E-state index is 10.6. The molecular formula is C6H7NO2. The van der Waals surface area contributed by atoms with Crippen LogP contribution in [-0.4, -0.2) is 12.6 Å². The molecule has 1 fully saturated rings. The van der Waals surface area contributed by atoms with Crippen LogP contribution in [0.25, 0.3) is 0 Å². The zero-order valence-corrected chi connectivity index (χ0v) is 4.96. The fourth-order valence-corrected chi connectivity index (χ4v) is 0.540. The minimum Gasteiger partial charge on any atom is -0.450 e. The van der Waals surface area contributed by atoms with Crippen LogP contribution in [-0.2, 0) is 9.53 Å². The van der Waals surface area contributed by atoms with Crippen molar-refractivity contribution in [2.45, 2.75) is 12.8 Å². The average Bonchev–Trinajstić information content (AvgIpc) is 2.63. The van der Waals surface area contributed by atoms with Crippen molar-refractivity contribution in [1.82, 2.24) is 0 Å². The van der Waals surface area contributed by atoms with Crippen LogP contribution in [0.2, 0.25) is 0 Å². The fraction of sp³-hybridized carbons (Fsp3) is 0.667. The summed E-state index contributed by atoms with van der Waals surface area (Å²) in [5, 5.41) is 7.99. The normalized spacial score (nSPS) is 16.3. The van der Waals surface area contributed by atoms with E-state index in [9.17, 15) is 4.79 Å². The maximum atomic E-state index is 10.6. The summed E-state index contributed by atoms with van der Waals surface area (Å²) in [6.45, 7) is -0.102. The SMILES string of the molecule is N#CCOC(=O)C1CC1. The molecule has 0 heterocycles. The zero-order valence-electron chi connectivity index (χ0n) is 4.96. The van der Waals surface area contributed by atoms with E-state index in [1.165, 1.54) is 0 Å². The van der Waals surface area contributed by atoms with Gasteiger partial charge in [-0.3, -0.25) is 4.79 Å². The van der Waals surface area contributed by atoms with Crippen LogP contribution >= 0.6 is 0 Å². The number of esters is 1. The van der Waals surface area contributed by atoms with E-state index in [4.69, 9.17) is 5.26 Å². The van der Waals surface area contributed by atoms with Gasteiger partial charge in [-0.05, 0) is 12.8 Å². The number of rotatable bonds is 2. The first-order valence-electron chi connectivity index (χ1n) is 2.88. The standard InChI is InChI=1S/C6H7NO2/c7-3-4-9-6(8)5-1-2-5/h5H,1-2,4H2. The smallest absolute Gasteiger partial charge is 0.309 e. The summed E-state index contributed by atoms with van der Waals surface area (Å²) >= 11 is 0. The summed E-state index contributed by atoms with van der Waals surface area (Å²) in [5.41, 5.74) is 0. The Hall–Kier alpha value is -1.04. The Labute approximate surface area is 53.2 Å². The summed E-state index contributed by atoms with van der Waals surface area (Å²) in [6.07, 6.45) is 1.87. The summed E-state index contributed by atoms with van der Waals surface area (Å²) in [7, 11) is 0. The van der Waals surface area contributed by atoms with Gasteiger partial charge in [0.05, 0.1) is 5.92 Å². The Morgan fingerprint density at radius 2 is 2.44 bits per heavy atom. The minimum absolute atomic E-state index is 0.102.